The minimum absolute atomic E-state index is 0.694. The monoisotopic (exact) mass is 138 g/mol. The molecule has 0 fully saturated rings. The Morgan fingerprint density at radius 1 is 1.70 bits per heavy atom. The van der Waals surface area contributed by atoms with Crippen LogP contribution in [0.5, 0.6) is 0 Å². The lowest BCUT2D eigenvalue weighted by atomic mass is 9.97. The van der Waals surface area contributed by atoms with Gasteiger partial charge in [0.25, 0.3) is 0 Å². The Hall–Kier alpha value is -0.720. The normalized spacial score (nSPS) is 24.2. The Kier molecular flexibility index (Phi) is 2.55. The summed E-state index contributed by atoms with van der Waals surface area (Å²) in [4.78, 5) is 0. The Morgan fingerprint density at radius 2 is 2.50 bits per heavy atom. The standard InChI is InChI=1S/C9H14O/c1-3-8-5-4-6-9(7-8)10-2/h4-6,8H,3,7H2,1-2H3. The average molecular weight is 138 g/mol. The van der Waals surface area contributed by atoms with Crippen LogP contribution in [0, 0.1) is 5.92 Å². The zero-order valence-electron chi connectivity index (χ0n) is 6.63. The van der Waals surface area contributed by atoms with E-state index in [9.17, 15) is 0 Å². The molecule has 1 aliphatic carbocycles. The lowest BCUT2D eigenvalue weighted by Gasteiger charge is -2.14. The van der Waals surface area contributed by atoms with Crippen LogP contribution in [0.3, 0.4) is 0 Å². The summed E-state index contributed by atoms with van der Waals surface area (Å²) in [6, 6.07) is 0. The number of hydrogen-bond acceptors (Lipinski definition) is 1. The van der Waals surface area contributed by atoms with E-state index >= 15 is 0 Å². The topological polar surface area (TPSA) is 9.23 Å². The zero-order valence-corrected chi connectivity index (χ0v) is 6.63. The first-order valence-corrected chi connectivity index (χ1v) is 3.78. The Bertz CT molecular complexity index is 156. The van der Waals surface area contributed by atoms with Gasteiger partial charge in [-0.2, -0.15) is 0 Å². The summed E-state index contributed by atoms with van der Waals surface area (Å²) in [5.74, 6) is 1.80. The molecule has 0 aromatic carbocycles. The van der Waals surface area contributed by atoms with Gasteiger partial charge in [-0.25, -0.2) is 0 Å². The number of rotatable bonds is 2. The molecule has 0 saturated carbocycles. The molecular formula is C9H14O. The summed E-state index contributed by atoms with van der Waals surface area (Å²) in [6.45, 7) is 2.20. The first-order valence-electron chi connectivity index (χ1n) is 3.78. The highest BCUT2D eigenvalue weighted by molar-refractivity contribution is 5.15. The maximum Gasteiger partial charge on any atom is 0.0961 e. The molecule has 0 aliphatic heterocycles. The zero-order chi connectivity index (χ0) is 7.40. The molecule has 0 radical (unpaired) electrons. The van der Waals surface area contributed by atoms with Crippen molar-refractivity contribution in [1.82, 2.24) is 0 Å². The highest BCUT2D eigenvalue weighted by Gasteiger charge is 2.08. The van der Waals surface area contributed by atoms with Gasteiger partial charge in [0.1, 0.15) is 0 Å². The first kappa shape index (κ1) is 7.39. The van der Waals surface area contributed by atoms with Crippen molar-refractivity contribution in [1.29, 1.82) is 0 Å². The fraction of sp³-hybridized carbons (Fsp3) is 0.556. The molecule has 10 heavy (non-hydrogen) atoms. The molecule has 0 aromatic heterocycles. The maximum absolute atomic E-state index is 5.13. The van der Waals surface area contributed by atoms with Crippen LogP contribution in [0.25, 0.3) is 0 Å². The second kappa shape index (κ2) is 3.45. The summed E-state index contributed by atoms with van der Waals surface area (Å²) in [5.41, 5.74) is 0. The lowest BCUT2D eigenvalue weighted by molar-refractivity contribution is 0.263. The van der Waals surface area contributed by atoms with Crippen LogP contribution in [-0.4, -0.2) is 7.11 Å². The van der Waals surface area contributed by atoms with E-state index in [-0.39, 0.29) is 0 Å². The van der Waals surface area contributed by atoms with Crippen molar-refractivity contribution in [3.05, 3.63) is 24.0 Å². The second-order valence-electron chi connectivity index (χ2n) is 2.59. The predicted octanol–water partition coefficient (Wildman–Crippen LogP) is 2.50. The molecule has 0 bridgehead atoms. The van der Waals surface area contributed by atoms with E-state index in [0.717, 1.165) is 12.2 Å². The van der Waals surface area contributed by atoms with Crippen LogP contribution < -0.4 is 0 Å². The smallest absolute Gasteiger partial charge is 0.0961 e. The summed E-state index contributed by atoms with van der Waals surface area (Å²) >= 11 is 0. The third kappa shape index (κ3) is 1.63. The Labute approximate surface area is 62.4 Å². The Balaban J connectivity index is 2.50. The van der Waals surface area contributed by atoms with Crippen molar-refractivity contribution in [3.63, 3.8) is 0 Å². The SMILES string of the molecule is CCC1C=CC=C(OC)C1. The van der Waals surface area contributed by atoms with Crippen molar-refractivity contribution < 1.29 is 4.74 Å². The summed E-state index contributed by atoms with van der Waals surface area (Å²) in [7, 11) is 1.73. The van der Waals surface area contributed by atoms with E-state index in [1.54, 1.807) is 7.11 Å². The summed E-state index contributed by atoms with van der Waals surface area (Å²) < 4.78 is 5.13. The van der Waals surface area contributed by atoms with Crippen LogP contribution in [0.2, 0.25) is 0 Å². The molecule has 0 amide bonds. The second-order valence-corrected chi connectivity index (χ2v) is 2.59. The third-order valence-corrected chi connectivity index (χ3v) is 1.92. The van der Waals surface area contributed by atoms with Crippen LogP contribution in [-0.2, 0) is 4.74 Å². The molecular weight excluding hydrogens is 124 g/mol. The molecule has 0 spiro atoms. The summed E-state index contributed by atoms with van der Waals surface area (Å²) in [6.07, 6.45) is 8.63. The fourth-order valence-corrected chi connectivity index (χ4v) is 1.15. The minimum Gasteiger partial charge on any atom is -0.501 e. The van der Waals surface area contributed by atoms with Gasteiger partial charge < -0.3 is 4.74 Å². The molecule has 0 heterocycles. The van der Waals surface area contributed by atoms with E-state index in [4.69, 9.17) is 4.74 Å². The third-order valence-electron chi connectivity index (χ3n) is 1.92. The van der Waals surface area contributed by atoms with Gasteiger partial charge in [-0.1, -0.05) is 19.1 Å². The molecule has 56 valence electrons. The molecule has 0 saturated heterocycles. The van der Waals surface area contributed by atoms with Crippen molar-refractivity contribution in [2.75, 3.05) is 7.11 Å². The van der Waals surface area contributed by atoms with Crippen LogP contribution >= 0.6 is 0 Å². The van der Waals surface area contributed by atoms with E-state index in [2.05, 4.69) is 19.1 Å². The molecule has 1 unspecified atom stereocenters. The molecule has 1 nitrogen and oxygen atoms in total. The van der Waals surface area contributed by atoms with E-state index in [1.807, 2.05) is 6.08 Å². The van der Waals surface area contributed by atoms with Crippen molar-refractivity contribution in [3.8, 4) is 0 Å². The lowest BCUT2D eigenvalue weighted by Crippen LogP contribution is -2.01. The van der Waals surface area contributed by atoms with E-state index in [1.165, 1.54) is 6.42 Å². The molecule has 1 aliphatic rings. The van der Waals surface area contributed by atoms with Gasteiger partial charge in [-0.3, -0.25) is 0 Å². The van der Waals surface area contributed by atoms with Crippen LogP contribution in [0.1, 0.15) is 19.8 Å². The van der Waals surface area contributed by atoms with Crippen LogP contribution in [0.15, 0.2) is 24.0 Å². The van der Waals surface area contributed by atoms with E-state index < -0.39 is 0 Å². The number of ether oxygens (including phenoxy) is 1. The number of hydrogen-bond donors (Lipinski definition) is 0. The minimum atomic E-state index is 0.694. The molecule has 1 heteroatoms. The van der Waals surface area contributed by atoms with Crippen molar-refractivity contribution in [2.24, 2.45) is 5.92 Å². The van der Waals surface area contributed by atoms with Gasteiger partial charge in [0.05, 0.1) is 12.9 Å². The largest absolute Gasteiger partial charge is 0.501 e. The van der Waals surface area contributed by atoms with Crippen molar-refractivity contribution >= 4 is 0 Å². The van der Waals surface area contributed by atoms with Gasteiger partial charge in [0.15, 0.2) is 0 Å². The van der Waals surface area contributed by atoms with Crippen molar-refractivity contribution in [2.45, 2.75) is 19.8 Å². The quantitative estimate of drug-likeness (QED) is 0.569. The van der Waals surface area contributed by atoms with Gasteiger partial charge in [-0.05, 0) is 18.4 Å². The Morgan fingerprint density at radius 3 is 3.10 bits per heavy atom. The predicted molar refractivity (Wildman–Crippen MR) is 42.6 cm³/mol. The van der Waals surface area contributed by atoms with Gasteiger partial charge in [-0.15, -0.1) is 0 Å². The van der Waals surface area contributed by atoms with Gasteiger partial charge in [0, 0.05) is 6.42 Å². The summed E-state index contributed by atoms with van der Waals surface area (Å²) in [5, 5.41) is 0. The first-order chi connectivity index (χ1) is 4.86. The average Bonchev–Trinajstić information content (AvgIpc) is 2.05. The maximum atomic E-state index is 5.13. The molecule has 1 rings (SSSR count). The van der Waals surface area contributed by atoms with Gasteiger partial charge in [0.2, 0.25) is 0 Å². The highest BCUT2D eigenvalue weighted by Crippen LogP contribution is 2.20. The molecule has 0 N–H and O–H groups in total. The van der Waals surface area contributed by atoms with Crippen LogP contribution in [0.4, 0.5) is 0 Å². The van der Waals surface area contributed by atoms with E-state index in [0.29, 0.717) is 5.92 Å². The number of allylic oxidation sites excluding steroid dienone is 4. The number of methoxy groups -OCH3 is 1. The molecule has 1 atom stereocenters. The fourth-order valence-electron chi connectivity index (χ4n) is 1.15. The molecule has 0 aromatic rings. The highest BCUT2D eigenvalue weighted by atomic mass is 16.5. The van der Waals surface area contributed by atoms with Gasteiger partial charge >= 0.3 is 0 Å².